The van der Waals surface area contributed by atoms with E-state index in [1.54, 1.807) is 12.1 Å². The van der Waals surface area contributed by atoms with E-state index < -0.39 is 0 Å². The molecular weight excluding hydrogens is 233 g/mol. The van der Waals surface area contributed by atoms with Crippen molar-refractivity contribution in [3.8, 4) is 5.75 Å². The van der Waals surface area contributed by atoms with Crippen LogP contribution in [0.4, 0.5) is 4.39 Å². The minimum Gasteiger partial charge on any atom is -0.497 e. The van der Waals surface area contributed by atoms with Gasteiger partial charge in [-0.15, -0.1) is 0 Å². The highest BCUT2D eigenvalue weighted by Gasteiger charge is 2.20. The van der Waals surface area contributed by atoms with E-state index in [1.807, 2.05) is 0 Å². The van der Waals surface area contributed by atoms with Gasteiger partial charge in [-0.25, -0.2) is 4.39 Å². The van der Waals surface area contributed by atoms with Crippen LogP contribution in [0.3, 0.4) is 0 Å². The Labute approximate surface area is 107 Å². The first kappa shape index (κ1) is 13.0. The number of nitrogens with zero attached hydrogens (tertiary/aromatic N) is 1. The molecule has 1 aromatic carbocycles. The Balaban J connectivity index is 2.02. The molecule has 1 aliphatic rings. The van der Waals surface area contributed by atoms with Gasteiger partial charge in [0.15, 0.2) is 0 Å². The fourth-order valence-corrected chi connectivity index (χ4v) is 2.37. The lowest BCUT2D eigenvalue weighted by molar-refractivity contribution is -0.112. The number of hydrogen-bond acceptors (Lipinski definition) is 3. The van der Waals surface area contributed by atoms with Crippen molar-refractivity contribution in [2.75, 3.05) is 20.2 Å². The van der Waals surface area contributed by atoms with Crippen LogP contribution in [0.15, 0.2) is 18.2 Å². The molecule has 98 valence electrons. The van der Waals surface area contributed by atoms with Gasteiger partial charge in [-0.05, 0) is 25.5 Å². The summed E-state index contributed by atoms with van der Waals surface area (Å²) in [5, 5.41) is 0. The summed E-state index contributed by atoms with van der Waals surface area (Å²) < 4.78 is 18.8. The minimum absolute atomic E-state index is 0.0973. The highest BCUT2D eigenvalue weighted by molar-refractivity contribution is 5.53. The number of likely N-dealkylation sites (tertiary alicyclic amines) is 1. The molecule has 0 bridgehead atoms. The Morgan fingerprint density at radius 2 is 2.39 bits per heavy atom. The summed E-state index contributed by atoms with van der Waals surface area (Å²) in [5.74, 6) is 0.378. The summed E-state index contributed by atoms with van der Waals surface area (Å²) in [6, 6.07) is 4.91. The van der Waals surface area contributed by atoms with E-state index in [-0.39, 0.29) is 11.7 Å². The SMILES string of the molecule is COc1ccc(CN2CCCC(C=O)C2)c(F)c1. The number of rotatable bonds is 4. The molecule has 0 aliphatic carbocycles. The lowest BCUT2D eigenvalue weighted by Gasteiger charge is -2.30. The predicted molar refractivity (Wildman–Crippen MR) is 67.0 cm³/mol. The molecule has 3 nitrogen and oxygen atoms in total. The number of piperidine rings is 1. The summed E-state index contributed by atoms with van der Waals surface area (Å²) in [5.41, 5.74) is 0.655. The summed E-state index contributed by atoms with van der Waals surface area (Å²) in [7, 11) is 1.52. The Hall–Kier alpha value is -1.42. The van der Waals surface area contributed by atoms with Gasteiger partial charge < -0.3 is 9.53 Å². The molecule has 1 saturated heterocycles. The lowest BCUT2D eigenvalue weighted by atomic mass is 9.99. The first-order valence-corrected chi connectivity index (χ1v) is 6.23. The number of halogens is 1. The first-order valence-electron chi connectivity index (χ1n) is 6.23. The zero-order valence-electron chi connectivity index (χ0n) is 10.6. The van der Waals surface area contributed by atoms with Crippen LogP contribution in [-0.4, -0.2) is 31.4 Å². The summed E-state index contributed by atoms with van der Waals surface area (Å²) in [4.78, 5) is 12.9. The molecule has 1 aromatic rings. The second-order valence-corrected chi connectivity index (χ2v) is 4.73. The second kappa shape index (κ2) is 5.96. The van der Waals surface area contributed by atoms with E-state index in [4.69, 9.17) is 4.74 Å². The largest absolute Gasteiger partial charge is 0.497 e. The molecule has 0 radical (unpaired) electrons. The number of ether oxygens (including phenoxy) is 1. The summed E-state index contributed by atoms with van der Waals surface area (Å²) in [6.07, 6.45) is 2.96. The zero-order valence-corrected chi connectivity index (χ0v) is 10.6. The van der Waals surface area contributed by atoms with Crippen LogP contribution in [0.1, 0.15) is 18.4 Å². The van der Waals surface area contributed by atoms with E-state index >= 15 is 0 Å². The van der Waals surface area contributed by atoms with Crippen LogP contribution < -0.4 is 4.74 Å². The van der Waals surface area contributed by atoms with Gasteiger partial charge in [0.1, 0.15) is 17.9 Å². The van der Waals surface area contributed by atoms with Crippen molar-refractivity contribution < 1.29 is 13.9 Å². The summed E-state index contributed by atoms with van der Waals surface area (Å²) in [6.45, 7) is 2.21. The Bertz CT molecular complexity index is 422. The molecule has 18 heavy (non-hydrogen) atoms. The molecule has 4 heteroatoms. The maximum Gasteiger partial charge on any atom is 0.131 e. The number of carbonyl (C=O) groups excluding carboxylic acids is 1. The molecule has 0 amide bonds. The van der Waals surface area contributed by atoms with E-state index in [0.29, 0.717) is 17.9 Å². The maximum absolute atomic E-state index is 13.8. The van der Waals surface area contributed by atoms with E-state index in [2.05, 4.69) is 4.90 Å². The molecule has 1 aliphatic heterocycles. The van der Waals surface area contributed by atoms with Gasteiger partial charge in [-0.3, -0.25) is 4.90 Å². The topological polar surface area (TPSA) is 29.5 Å². The Morgan fingerprint density at radius 3 is 3.06 bits per heavy atom. The Morgan fingerprint density at radius 1 is 1.56 bits per heavy atom. The monoisotopic (exact) mass is 251 g/mol. The highest BCUT2D eigenvalue weighted by atomic mass is 19.1. The average molecular weight is 251 g/mol. The number of carbonyl (C=O) groups is 1. The number of methoxy groups -OCH3 is 1. The lowest BCUT2D eigenvalue weighted by Crippen LogP contribution is -2.35. The third-order valence-corrected chi connectivity index (χ3v) is 3.39. The normalized spacial score (nSPS) is 20.7. The molecule has 1 unspecified atom stereocenters. The summed E-state index contributed by atoms with van der Waals surface area (Å²) >= 11 is 0. The smallest absolute Gasteiger partial charge is 0.131 e. The molecule has 0 saturated carbocycles. The molecule has 1 fully saturated rings. The number of hydrogen-bond donors (Lipinski definition) is 0. The van der Waals surface area contributed by atoms with Gasteiger partial charge in [0.05, 0.1) is 7.11 Å². The van der Waals surface area contributed by atoms with Crippen LogP contribution in [0, 0.1) is 11.7 Å². The van der Waals surface area contributed by atoms with Gasteiger partial charge >= 0.3 is 0 Å². The van der Waals surface area contributed by atoms with Crippen molar-refractivity contribution in [1.29, 1.82) is 0 Å². The van der Waals surface area contributed by atoms with E-state index in [1.165, 1.54) is 13.2 Å². The van der Waals surface area contributed by atoms with Crippen LogP contribution in [0.25, 0.3) is 0 Å². The maximum atomic E-state index is 13.8. The third kappa shape index (κ3) is 3.07. The Kier molecular flexibility index (Phi) is 4.31. The first-order chi connectivity index (χ1) is 8.72. The zero-order chi connectivity index (χ0) is 13.0. The fraction of sp³-hybridized carbons (Fsp3) is 0.500. The fourth-order valence-electron chi connectivity index (χ4n) is 2.37. The van der Waals surface area contributed by atoms with Crippen molar-refractivity contribution in [3.05, 3.63) is 29.6 Å². The average Bonchev–Trinajstić information content (AvgIpc) is 2.41. The van der Waals surface area contributed by atoms with E-state index in [0.717, 1.165) is 32.2 Å². The van der Waals surface area contributed by atoms with Gasteiger partial charge in [0.25, 0.3) is 0 Å². The molecule has 0 aromatic heterocycles. The molecule has 0 spiro atoms. The van der Waals surface area contributed by atoms with Crippen molar-refractivity contribution in [2.24, 2.45) is 5.92 Å². The van der Waals surface area contributed by atoms with Crippen molar-refractivity contribution in [1.82, 2.24) is 4.90 Å². The van der Waals surface area contributed by atoms with Gasteiger partial charge in [0.2, 0.25) is 0 Å². The predicted octanol–water partition coefficient (Wildman–Crippen LogP) is 2.25. The van der Waals surface area contributed by atoms with Crippen LogP contribution in [0.2, 0.25) is 0 Å². The van der Waals surface area contributed by atoms with Gasteiger partial charge in [-0.2, -0.15) is 0 Å². The van der Waals surface area contributed by atoms with Crippen molar-refractivity contribution in [3.63, 3.8) is 0 Å². The second-order valence-electron chi connectivity index (χ2n) is 4.73. The molecule has 0 N–H and O–H groups in total. The number of aldehydes is 1. The third-order valence-electron chi connectivity index (χ3n) is 3.39. The van der Waals surface area contributed by atoms with Gasteiger partial charge in [-0.1, -0.05) is 6.07 Å². The van der Waals surface area contributed by atoms with Gasteiger partial charge in [0, 0.05) is 30.6 Å². The quantitative estimate of drug-likeness (QED) is 0.769. The highest BCUT2D eigenvalue weighted by Crippen LogP contribution is 2.21. The van der Waals surface area contributed by atoms with Crippen LogP contribution in [-0.2, 0) is 11.3 Å². The number of benzene rings is 1. The van der Waals surface area contributed by atoms with Crippen molar-refractivity contribution >= 4 is 6.29 Å². The van der Waals surface area contributed by atoms with Crippen LogP contribution >= 0.6 is 0 Å². The van der Waals surface area contributed by atoms with E-state index in [9.17, 15) is 9.18 Å². The molecule has 1 atom stereocenters. The van der Waals surface area contributed by atoms with Crippen molar-refractivity contribution in [2.45, 2.75) is 19.4 Å². The minimum atomic E-state index is -0.248. The molecular formula is C14H18FNO2. The molecule has 1 heterocycles. The van der Waals surface area contributed by atoms with Crippen LogP contribution in [0.5, 0.6) is 5.75 Å². The molecule has 2 rings (SSSR count). The standard InChI is InChI=1S/C14H18FNO2/c1-18-13-5-4-12(14(15)7-13)9-16-6-2-3-11(8-16)10-17/h4-5,7,10-11H,2-3,6,8-9H2,1H3.